The van der Waals surface area contributed by atoms with Crippen molar-refractivity contribution in [2.75, 3.05) is 10.6 Å². The van der Waals surface area contributed by atoms with Crippen molar-refractivity contribution in [3.63, 3.8) is 0 Å². The molecule has 0 aliphatic carbocycles. The molecule has 2 amide bonds. The Morgan fingerprint density at radius 1 is 1.14 bits per heavy atom. The minimum Gasteiger partial charge on any atom is -0.308 e. The van der Waals surface area contributed by atoms with Crippen molar-refractivity contribution in [2.24, 2.45) is 0 Å². The first-order valence-electron chi connectivity index (χ1n) is 6.18. The highest BCUT2D eigenvalue weighted by atomic mass is 35.5. The number of urea groups is 1. The number of anilines is 2. The van der Waals surface area contributed by atoms with Gasteiger partial charge < -0.3 is 10.6 Å². The van der Waals surface area contributed by atoms with Crippen LogP contribution in [0.5, 0.6) is 0 Å². The lowest BCUT2D eigenvalue weighted by Gasteiger charge is -2.08. The number of nitrogens with one attached hydrogen (secondary N) is 2. The molecule has 5 nitrogen and oxygen atoms in total. The number of benzene rings is 2. The van der Waals surface area contributed by atoms with Crippen LogP contribution in [-0.4, -0.2) is 15.6 Å². The lowest BCUT2D eigenvalue weighted by atomic mass is 10.2. The van der Waals surface area contributed by atoms with Gasteiger partial charge in [0.15, 0.2) is 0 Å². The van der Waals surface area contributed by atoms with E-state index in [1.807, 2.05) is 25.1 Å². The van der Waals surface area contributed by atoms with Crippen LogP contribution in [0.4, 0.5) is 16.2 Å². The fourth-order valence-corrected chi connectivity index (χ4v) is 2.54. The second-order valence-electron chi connectivity index (χ2n) is 4.50. The average molecular weight is 319 g/mol. The SMILES string of the molecule is Cc1ccc(NC(=O)Nc2ccc3snnc3c2)cc1Cl. The molecule has 0 saturated carbocycles. The number of aromatic nitrogens is 2. The lowest BCUT2D eigenvalue weighted by molar-refractivity contribution is 0.262. The zero-order valence-electron chi connectivity index (χ0n) is 11.1. The fourth-order valence-electron chi connectivity index (χ4n) is 1.82. The van der Waals surface area contributed by atoms with Crippen LogP contribution in [0.25, 0.3) is 10.2 Å². The molecule has 1 aromatic heterocycles. The highest BCUT2D eigenvalue weighted by Crippen LogP contribution is 2.21. The number of carbonyl (C=O) groups is 1. The molecule has 0 aliphatic rings. The van der Waals surface area contributed by atoms with Gasteiger partial charge in [0.05, 0.1) is 4.70 Å². The van der Waals surface area contributed by atoms with Crippen molar-refractivity contribution >= 4 is 50.8 Å². The molecular weight excluding hydrogens is 308 g/mol. The molecule has 0 saturated heterocycles. The van der Waals surface area contributed by atoms with Crippen LogP contribution < -0.4 is 10.6 Å². The number of hydrogen-bond acceptors (Lipinski definition) is 4. The van der Waals surface area contributed by atoms with Gasteiger partial charge >= 0.3 is 6.03 Å². The van der Waals surface area contributed by atoms with E-state index in [2.05, 4.69) is 20.2 Å². The number of carbonyl (C=O) groups excluding carboxylic acids is 1. The molecule has 0 spiro atoms. The van der Waals surface area contributed by atoms with E-state index in [1.165, 1.54) is 11.5 Å². The molecule has 106 valence electrons. The summed E-state index contributed by atoms with van der Waals surface area (Å²) in [6.07, 6.45) is 0. The summed E-state index contributed by atoms with van der Waals surface area (Å²) >= 11 is 7.34. The molecule has 0 bridgehead atoms. The van der Waals surface area contributed by atoms with E-state index in [1.54, 1.807) is 18.2 Å². The molecule has 2 N–H and O–H groups in total. The van der Waals surface area contributed by atoms with Gasteiger partial charge in [-0.15, -0.1) is 5.10 Å². The summed E-state index contributed by atoms with van der Waals surface area (Å²) in [6, 6.07) is 10.5. The molecule has 1 heterocycles. The molecule has 0 unspecified atom stereocenters. The summed E-state index contributed by atoms with van der Waals surface area (Å²) in [5.41, 5.74) is 3.02. The summed E-state index contributed by atoms with van der Waals surface area (Å²) in [5.74, 6) is 0. The smallest absolute Gasteiger partial charge is 0.308 e. The maximum absolute atomic E-state index is 12.0. The van der Waals surface area contributed by atoms with E-state index in [4.69, 9.17) is 11.6 Å². The van der Waals surface area contributed by atoms with E-state index in [9.17, 15) is 4.79 Å². The van der Waals surface area contributed by atoms with Crippen LogP contribution in [0.3, 0.4) is 0 Å². The zero-order chi connectivity index (χ0) is 14.8. The number of nitrogens with zero attached hydrogens (tertiary/aromatic N) is 2. The Bertz CT molecular complexity index is 818. The molecule has 2 aromatic carbocycles. The van der Waals surface area contributed by atoms with Crippen LogP contribution in [-0.2, 0) is 0 Å². The largest absolute Gasteiger partial charge is 0.323 e. The third-order valence-electron chi connectivity index (χ3n) is 2.93. The van der Waals surface area contributed by atoms with Gasteiger partial charge in [0, 0.05) is 16.4 Å². The number of amides is 2. The topological polar surface area (TPSA) is 66.9 Å². The first-order valence-corrected chi connectivity index (χ1v) is 7.33. The monoisotopic (exact) mass is 318 g/mol. The first kappa shape index (κ1) is 13.8. The van der Waals surface area contributed by atoms with Gasteiger partial charge in [-0.1, -0.05) is 22.2 Å². The van der Waals surface area contributed by atoms with Crippen LogP contribution in [0, 0.1) is 6.92 Å². The molecular formula is C14H11ClN4OS. The van der Waals surface area contributed by atoms with Gasteiger partial charge in [-0.3, -0.25) is 0 Å². The van der Waals surface area contributed by atoms with Gasteiger partial charge in [0.25, 0.3) is 0 Å². The summed E-state index contributed by atoms with van der Waals surface area (Å²) in [5, 5.41) is 10.1. The number of fused-ring (bicyclic) bond motifs is 1. The van der Waals surface area contributed by atoms with E-state index >= 15 is 0 Å². The maximum Gasteiger partial charge on any atom is 0.323 e. The van der Waals surface area contributed by atoms with Crippen molar-refractivity contribution in [1.29, 1.82) is 0 Å². The molecule has 0 fully saturated rings. The van der Waals surface area contributed by atoms with E-state index in [-0.39, 0.29) is 6.03 Å². The highest BCUT2D eigenvalue weighted by molar-refractivity contribution is 7.12. The Morgan fingerprint density at radius 2 is 1.86 bits per heavy atom. The molecule has 21 heavy (non-hydrogen) atoms. The van der Waals surface area contributed by atoms with Crippen molar-refractivity contribution < 1.29 is 4.79 Å². The van der Waals surface area contributed by atoms with Crippen LogP contribution in [0.2, 0.25) is 5.02 Å². The summed E-state index contributed by atoms with van der Waals surface area (Å²) in [7, 11) is 0. The van der Waals surface area contributed by atoms with E-state index in [0.717, 1.165) is 15.8 Å². The van der Waals surface area contributed by atoms with Crippen LogP contribution >= 0.6 is 23.1 Å². The Labute approximate surface area is 130 Å². The zero-order valence-corrected chi connectivity index (χ0v) is 12.6. The van der Waals surface area contributed by atoms with Gasteiger partial charge in [-0.2, -0.15) is 0 Å². The number of hydrogen-bond donors (Lipinski definition) is 2. The van der Waals surface area contributed by atoms with Crippen molar-refractivity contribution in [3.05, 3.63) is 47.0 Å². The minimum absolute atomic E-state index is 0.336. The Hall–Kier alpha value is -2.18. The predicted molar refractivity (Wildman–Crippen MR) is 86.2 cm³/mol. The fraction of sp³-hybridized carbons (Fsp3) is 0.0714. The lowest BCUT2D eigenvalue weighted by Crippen LogP contribution is -2.19. The molecule has 3 rings (SSSR count). The maximum atomic E-state index is 12.0. The molecule has 0 atom stereocenters. The third kappa shape index (κ3) is 3.12. The second kappa shape index (κ2) is 5.67. The summed E-state index contributed by atoms with van der Waals surface area (Å²) in [4.78, 5) is 12.0. The summed E-state index contributed by atoms with van der Waals surface area (Å²) < 4.78 is 4.83. The van der Waals surface area contributed by atoms with Crippen molar-refractivity contribution in [1.82, 2.24) is 9.59 Å². The van der Waals surface area contributed by atoms with Gasteiger partial charge in [-0.05, 0) is 54.4 Å². The number of rotatable bonds is 2. The number of aryl methyl sites for hydroxylation is 1. The average Bonchev–Trinajstić information content (AvgIpc) is 2.90. The normalized spacial score (nSPS) is 10.6. The Balaban J connectivity index is 1.71. The van der Waals surface area contributed by atoms with Gasteiger partial charge in [0.2, 0.25) is 0 Å². The van der Waals surface area contributed by atoms with Crippen molar-refractivity contribution in [3.8, 4) is 0 Å². The Morgan fingerprint density at radius 3 is 2.62 bits per heavy atom. The Kier molecular flexibility index (Phi) is 3.72. The molecule has 7 heteroatoms. The van der Waals surface area contributed by atoms with Crippen LogP contribution in [0.15, 0.2) is 36.4 Å². The third-order valence-corrected chi connectivity index (χ3v) is 4.05. The van der Waals surface area contributed by atoms with Crippen molar-refractivity contribution in [2.45, 2.75) is 6.92 Å². The molecule has 0 radical (unpaired) electrons. The predicted octanol–water partition coefficient (Wildman–Crippen LogP) is 4.30. The standard InChI is InChI=1S/C14H11ClN4OS/c1-8-2-3-9(6-11(8)15)16-14(20)17-10-4-5-13-12(7-10)18-19-21-13/h2-7H,1H3,(H2,16,17,20). The van der Waals surface area contributed by atoms with Gasteiger partial charge in [0.1, 0.15) is 5.52 Å². The molecule has 0 aliphatic heterocycles. The van der Waals surface area contributed by atoms with Crippen LogP contribution in [0.1, 0.15) is 5.56 Å². The highest BCUT2D eigenvalue weighted by Gasteiger charge is 2.06. The molecule has 3 aromatic rings. The number of halogens is 1. The second-order valence-corrected chi connectivity index (χ2v) is 5.69. The van der Waals surface area contributed by atoms with Gasteiger partial charge in [-0.25, -0.2) is 4.79 Å². The first-order chi connectivity index (χ1) is 10.1. The minimum atomic E-state index is -0.336. The van der Waals surface area contributed by atoms with E-state index < -0.39 is 0 Å². The quantitative estimate of drug-likeness (QED) is 0.740. The van der Waals surface area contributed by atoms with E-state index in [0.29, 0.717) is 16.4 Å². The summed E-state index contributed by atoms with van der Waals surface area (Å²) in [6.45, 7) is 1.91.